The molecule has 1 saturated heterocycles. The maximum absolute atomic E-state index is 12.0. The minimum absolute atomic E-state index is 0.0264. The number of anilines is 2. The number of aromatic carboxylic acids is 1. The van der Waals surface area contributed by atoms with E-state index in [0.29, 0.717) is 17.1 Å². The van der Waals surface area contributed by atoms with Crippen molar-refractivity contribution in [3.63, 3.8) is 0 Å². The largest absolute Gasteiger partial charge is 0.504 e. The molecule has 1 fully saturated rings. The molecule has 3 aromatic rings. The van der Waals surface area contributed by atoms with Crippen LogP contribution in [0.2, 0.25) is 0 Å². The maximum atomic E-state index is 12.0. The van der Waals surface area contributed by atoms with Gasteiger partial charge in [-0.1, -0.05) is 12.1 Å². The number of carboxylic acids is 1. The standard InChI is InChI=1S/C27H29N5O4/c1-17-14-18(7-9-32-12-10-31(2)11-13-32)5-6-21(17)30-26-23(27(34)35)24(33)22(36-26)15-19-16-29-25-20(19)4-3-8-28-25/h3-6,8,14-16,30,33H,7,9-13H2,1-2H3,(H,34,35). The summed E-state index contributed by atoms with van der Waals surface area (Å²) in [5.41, 5.74) is 4.03. The molecular formula is C27H29N5O4. The van der Waals surface area contributed by atoms with E-state index in [4.69, 9.17) is 4.42 Å². The molecule has 5 rings (SSSR count). The number of hydrogen-bond acceptors (Lipinski definition) is 8. The first-order valence-electron chi connectivity index (χ1n) is 12.0. The van der Waals surface area contributed by atoms with E-state index in [0.717, 1.165) is 50.3 Å². The second kappa shape index (κ2) is 9.96. The quantitative estimate of drug-likeness (QED) is 0.455. The van der Waals surface area contributed by atoms with Gasteiger partial charge in [0.2, 0.25) is 5.88 Å². The average molecular weight is 488 g/mol. The fraction of sp³-hybridized carbons (Fsp3) is 0.296. The van der Waals surface area contributed by atoms with Crippen LogP contribution in [0.1, 0.15) is 32.8 Å². The Kier molecular flexibility index (Phi) is 6.58. The van der Waals surface area contributed by atoms with E-state index in [1.54, 1.807) is 24.6 Å². The molecule has 2 aliphatic heterocycles. The van der Waals surface area contributed by atoms with Gasteiger partial charge < -0.3 is 29.7 Å². The highest BCUT2D eigenvalue weighted by Gasteiger charge is 2.26. The van der Waals surface area contributed by atoms with Crippen LogP contribution >= 0.6 is 0 Å². The average Bonchev–Trinajstić information content (AvgIpc) is 3.41. The molecule has 2 aliphatic rings. The van der Waals surface area contributed by atoms with Gasteiger partial charge in [-0.05, 0) is 55.8 Å². The Hall–Kier alpha value is -3.95. The summed E-state index contributed by atoms with van der Waals surface area (Å²) in [7, 11) is 2.15. The lowest BCUT2D eigenvalue weighted by Crippen LogP contribution is -2.45. The summed E-state index contributed by atoms with van der Waals surface area (Å²) in [6.07, 6.45) is 5.77. The van der Waals surface area contributed by atoms with E-state index < -0.39 is 11.7 Å². The van der Waals surface area contributed by atoms with Crippen molar-refractivity contribution < 1.29 is 19.4 Å². The Morgan fingerprint density at radius 3 is 2.78 bits per heavy atom. The molecule has 186 valence electrons. The van der Waals surface area contributed by atoms with Crippen molar-refractivity contribution in [2.24, 2.45) is 4.99 Å². The number of aryl methyl sites for hydroxylation is 1. The summed E-state index contributed by atoms with van der Waals surface area (Å²) in [5, 5.41) is 23.5. The second-order valence-corrected chi connectivity index (χ2v) is 9.23. The highest BCUT2D eigenvalue weighted by atomic mass is 16.4. The number of furan rings is 1. The molecule has 0 saturated carbocycles. The van der Waals surface area contributed by atoms with E-state index in [-0.39, 0.29) is 17.2 Å². The van der Waals surface area contributed by atoms with Gasteiger partial charge in [-0.3, -0.25) is 0 Å². The lowest BCUT2D eigenvalue weighted by molar-refractivity contribution is 0.0695. The highest BCUT2D eigenvalue weighted by Crippen LogP contribution is 2.39. The molecule has 0 spiro atoms. The molecule has 0 bridgehead atoms. The second-order valence-electron chi connectivity index (χ2n) is 9.23. The van der Waals surface area contributed by atoms with Crippen molar-refractivity contribution >= 4 is 41.2 Å². The normalized spacial score (nSPS) is 17.0. The number of pyridine rings is 1. The predicted octanol–water partition coefficient (Wildman–Crippen LogP) is 4.18. The Bertz CT molecular complexity index is 1350. The molecule has 2 aromatic heterocycles. The van der Waals surface area contributed by atoms with Crippen molar-refractivity contribution in [2.45, 2.75) is 13.3 Å². The number of allylic oxidation sites excluding steroid dienone is 1. The van der Waals surface area contributed by atoms with Crippen molar-refractivity contribution in [3.8, 4) is 5.75 Å². The predicted molar refractivity (Wildman–Crippen MR) is 140 cm³/mol. The van der Waals surface area contributed by atoms with Gasteiger partial charge in [0.05, 0.1) is 0 Å². The number of fused-ring (bicyclic) bond motifs is 1. The number of aromatic hydroxyl groups is 1. The third-order valence-electron chi connectivity index (χ3n) is 6.68. The van der Waals surface area contributed by atoms with Gasteiger partial charge in [-0.25, -0.2) is 14.8 Å². The zero-order valence-electron chi connectivity index (χ0n) is 20.4. The number of benzene rings is 1. The van der Waals surface area contributed by atoms with Gasteiger partial charge in [0, 0.05) is 62.0 Å². The monoisotopic (exact) mass is 487 g/mol. The third kappa shape index (κ3) is 4.89. The molecule has 4 heterocycles. The first-order chi connectivity index (χ1) is 17.4. The number of carbonyl (C=O) groups is 1. The molecule has 9 nitrogen and oxygen atoms in total. The number of likely N-dealkylation sites (N-methyl/N-ethyl adjacent to an activating group) is 1. The topological polar surface area (TPSA) is 114 Å². The van der Waals surface area contributed by atoms with Crippen LogP contribution in [0.25, 0.3) is 11.6 Å². The van der Waals surface area contributed by atoms with Crippen LogP contribution in [-0.2, 0) is 6.42 Å². The number of hydrogen-bond donors (Lipinski definition) is 3. The summed E-state index contributed by atoms with van der Waals surface area (Å²) in [6.45, 7) is 7.34. The molecular weight excluding hydrogens is 458 g/mol. The molecule has 0 radical (unpaired) electrons. The summed E-state index contributed by atoms with van der Waals surface area (Å²) < 4.78 is 5.80. The van der Waals surface area contributed by atoms with E-state index in [1.165, 1.54) is 5.56 Å². The number of nitrogens with zero attached hydrogens (tertiary/aromatic N) is 4. The van der Waals surface area contributed by atoms with Crippen LogP contribution in [0.5, 0.6) is 5.75 Å². The summed E-state index contributed by atoms with van der Waals surface area (Å²) in [5.74, 6) is -1.15. The number of carboxylic acid groups (broad SMARTS) is 1. The zero-order chi connectivity index (χ0) is 25.2. The number of aliphatic imine (C=N–C) groups is 1. The van der Waals surface area contributed by atoms with Crippen LogP contribution in [-0.4, -0.2) is 77.0 Å². The van der Waals surface area contributed by atoms with Gasteiger partial charge in [0.1, 0.15) is 0 Å². The van der Waals surface area contributed by atoms with Gasteiger partial charge in [-0.15, -0.1) is 0 Å². The van der Waals surface area contributed by atoms with Gasteiger partial charge >= 0.3 is 5.97 Å². The molecule has 0 aliphatic carbocycles. The number of nitrogens with one attached hydrogen (secondary N) is 1. The molecule has 0 amide bonds. The fourth-order valence-corrected chi connectivity index (χ4v) is 4.51. The zero-order valence-corrected chi connectivity index (χ0v) is 20.4. The van der Waals surface area contributed by atoms with E-state index in [1.807, 2.05) is 25.1 Å². The van der Waals surface area contributed by atoms with E-state index in [9.17, 15) is 15.0 Å². The molecule has 3 N–H and O–H groups in total. The van der Waals surface area contributed by atoms with Gasteiger partial charge in [-0.2, -0.15) is 0 Å². The highest BCUT2D eigenvalue weighted by molar-refractivity contribution is 6.21. The Morgan fingerprint density at radius 1 is 1.22 bits per heavy atom. The first kappa shape index (κ1) is 23.8. The number of rotatable bonds is 7. The molecule has 0 atom stereocenters. The summed E-state index contributed by atoms with van der Waals surface area (Å²) in [6, 6.07) is 9.70. The first-order valence-corrected chi connectivity index (χ1v) is 12.0. The summed E-state index contributed by atoms with van der Waals surface area (Å²) >= 11 is 0. The van der Waals surface area contributed by atoms with Crippen LogP contribution in [0.3, 0.4) is 0 Å². The Morgan fingerprint density at radius 2 is 2.03 bits per heavy atom. The molecule has 1 aromatic carbocycles. The maximum Gasteiger partial charge on any atom is 0.345 e. The van der Waals surface area contributed by atoms with E-state index in [2.05, 4.69) is 38.2 Å². The Labute approximate surface area is 209 Å². The van der Waals surface area contributed by atoms with Crippen LogP contribution in [0.15, 0.2) is 45.9 Å². The number of piperazine rings is 1. The third-order valence-corrected chi connectivity index (χ3v) is 6.68. The molecule has 36 heavy (non-hydrogen) atoms. The lowest BCUT2D eigenvalue weighted by atomic mass is 10.1. The minimum atomic E-state index is -1.29. The fourth-order valence-electron chi connectivity index (χ4n) is 4.51. The van der Waals surface area contributed by atoms with Gasteiger partial charge in [0.15, 0.2) is 22.9 Å². The SMILES string of the molecule is Cc1cc(CCN2CCN(C)CC2)ccc1Nc1oc(C=C2C=Nc3ncccc32)c(O)c1C(=O)O. The smallest absolute Gasteiger partial charge is 0.345 e. The van der Waals surface area contributed by atoms with Gasteiger partial charge in [0.25, 0.3) is 0 Å². The molecule has 0 unspecified atom stereocenters. The summed E-state index contributed by atoms with van der Waals surface area (Å²) in [4.78, 5) is 25.2. The van der Waals surface area contributed by atoms with Crippen molar-refractivity contribution in [2.75, 3.05) is 45.1 Å². The van der Waals surface area contributed by atoms with Crippen LogP contribution in [0, 0.1) is 6.92 Å². The van der Waals surface area contributed by atoms with Crippen molar-refractivity contribution in [1.82, 2.24) is 14.8 Å². The Balaban J connectivity index is 1.34. The minimum Gasteiger partial charge on any atom is -0.504 e. The van der Waals surface area contributed by atoms with E-state index >= 15 is 0 Å². The van der Waals surface area contributed by atoms with Crippen LogP contribution in [0.4, 0.5) is 17.4 Å². The number of aromatic nitrogens is 1. The van der Waals surface area contributed by atoms with Crippen molar-refractivity contribution in [3.05, 3.63) is 64.5 Å². The lowest BCUT2D eigenvalue weighted by Gasteiger charge is -2.32. The van der Waals surface area contributed by atoms with Crippen LogP contribution < -0.4 is 5.32 Å². The molecule has 9 heteroatoms. The van der Waals surface area contributed by atoms with Crippen molar-refractivity contribution in [1.29, 1.82) is 0 Å².